The van der Waals surface area contributed by atoms with Crippen LogP contribution in [-0.2, 0) is 10.0 Å². The Labute approximate surface area is 173 Å². The quantitative estimate of drug-likeness (QED) is 0.616. The summed E-state index contributed by atoms with van der Waals surface area (Å²) in [5.41, 5.74) is 1.14. The molecule has 152 valence electrons. The van der Waals surface area contributed by atoms with Crippen LogP contribution in [0, 0.1) is 0 Å². The Bertz CT molecular complexity index is 1150. The zero-order valence-corrected chi connectivity index (χ0v) is 17.7. The molecule has 0 bridgehead atoms. The van der Waals surface area contributed by atoms with E-state index in [-0.39, 0.29) is 16.8 Å². The Morgan fingerprint density at radius 2 is 1.97 bits per heavy atom. The molecule has 1 fully saturated rings. The van der Waals surface area contributed by atoms with E-state index < -0.39 is 10.0 Å². The van der Waals surface area contributed by atoms with E-state index in [9.17, 15) is 13.2 Å². The molecule has 0 spiro atoms. The van der Waals surface area contributed by atoms with Crippen LogP contribution in [0.4, 0.5) is 5.13 Å². The maximum absolute atomic E-state index is 12.6. The van der Waals surface area contributed by atoms with Crippen molar-refractivity contribution < 1.29 is 17.9 Å². The molecule has 0 atom stereocenters. The molecule has 1 aliphatic carbocycles. The summed E-state index contributed by atoms with van der Waals surface area (Å²) in [5.74, 6) is 0.420. The molecular formula is C20H21N3O4S2. The first-order valence-electron chi connectivity index (χ1n) is 9.31. The summed E-state index contributed by atoms with van der Waals surface area (Å²) in [6, 6.07) is 11.6. The van der Waals surface area contributed by atoms with Crippen LogP contribution < -0.4 is 10.1 Å². The SMILES string of the molecule is CCOc1ccc2nc(NC(=O)c3ccc(S(=O)(=O)N(C)C4CC4)cc3)sc2c1. The molecule has 1 N–H and O–H groups in total. The Balaban J connectivity index is 1.49. The highest BCUT2D eigenvalue weighted by Gasteiger charge is 2.35. The zero-order valence-electron chi connectivity index (χ0n) is 16.1. The van der Waals surface area contributed by atoms with Crippen LogP contribution in [0.5, 0.6) is 5.75 Å². The van der Waals surface area contributed by atoms with Gasteiger partial charge in [0.15, 0.2) is 5.13 Å². The summed E-state index contributed by atoms with van der Waals surface area (Å²) in [4.78, 5) is 17.1. The minimum atomic E-state index is -3.52. The number of benzene rings is 2. The molecule has 0 radical (unpaired) electrons. The molecule has 1 saturated carbocycles. The second-order valence-corrected chi connectivity index (χ2v) is 9.84. The summed E-state index contributed by atoms with van der Waals surface area (Å²) in [5, 5.41) is 3.25. The number of aromatic nitrogens is 1. The number of sulfonamides is 1. The van der Waals surface area contributed by atoms with Crippen molar-refractivity contribution in [2.45, 2.75) is 30.7 Å². The van der Waals surface area contributed by atoms with Gasteiger partial charge in [-0.05, 0) is 62.2 Å². The topological polar surface area (TPSA) is 88.6 Å². The first-order valence-corrected chi connectivity index (χ1v) is 11.6. The van der Waals surface area contributed by atoms with Crippen molar-refractivity contribution in [2.24, 2.45) is 0 Å². The average molecular weight is 432 g/mol. The Morgan fingerprint density at radius 3 is 2.62 bits per heavy atom. The van der Waals surface area contributed by atoms with Gasteiger partial charge in [0.1, 0.15) is 5.75 Å². The van der Waals surface area contributed by atoms with E-state index in [1.807, 2.05) is 25.1 Å². The van der Waals surface area contributed by atoms with E-state index in [2.05, 4.69) is 10.3 Å². The molecule has 7 nitrogen and oxygen atoms in total. The summed E-state index contributed by atoms with van der Waals surface area (Å²) in [7, 11) is -1.93. The lowest BCUT2D eigenvalue weighted by molar-refractivity contribution is 0.102. The van der Waals surface area contributed by atoms with Gasteiger partial charge in [-0.3, -0.25) is 10.1 Å². The number of nitrogens with one attached hydrogen (secondary N) is 1. The van der Waals surface area contributed by atoms with Gasteiger partial charge in [0.25, 0.3) is 5.91 Å². The lowest BCUT2D eigenvalue weighted by atomic mass is 10.2. The molecule has 0 unspecified atom stereocenters. The molecule has 1 aliphatic rings. The largest absolute Gasteiger partial charge is 0.494 e. The standard InChI is InChI=1S/C20H21N3O4S2/c1-3-27-15-8-11-17-18(12-15)28-20(21-17)22-19(24)13-4-9-16(10-5-13)29(25,26)23(2)14-6-7-14/h4-5,8-12,14H,3,6-7H2,1-2H3,(H,21,22,24). The molecule has 29 heavy (non-hydrogen) atoms. The summed E-state index contributed by atoms with van der Waals surface area (Å²) in [6.45, 7) is 2.50. The predicted octanol–water partition coefficient (Wildman–Crippen LogP) is 3.73. The number of carbonyl (C=O) groups excluding carboxylic acids is 1. The van der Waals surface area contributed by atoms with Crippen LogP contribution in [0.25, 0.3) is 10.2 Å². The number of carbonyl (C=O) groups is 1. The zero-order chi connectivity index (χ0) is 20.6. The monoisotopic (exact) mass is 431 g/mol. The van der Waals surface area contributed by atoms with E-state index >= 15 is 0 Å². The maximum atomic E-state index is 12.6. The van der Waals surface area contributed by atoms with Gasteiger partial charge in [-0.25, -0.2) is 13.4 Å². The third kappa shape index (κ3) is 4.12. The van der Waals surface area contributed by atoms with Crippen molar-refractivity contribution in [1.29, 1.82) is 0 Å². The summed E-state index contributed by atoms with van der Waals surface area (Å²) >= 11 is 1.36. The van der Waals surface area contributed by atoms with Gasteiger partial charge in [0.2, 0.25) is 10.0 Å². The van der Waals surface area contributed by atoms with Gasteiger partial charge >= 0.3 is 0 Å². The number of anilines is 1. The molecule has 4 rings (SSSR count). The maximum Gasteiger partial charge on any atom is 0.257 e. The highest BCUT2D eigenvalue weighted by atomic mass is 32.2. The lowest BCUT2D eigenvalue weighted by Crippen LogP contribution is -2.29. The molecule has 2 aromatic carbocycles. The van der Waals surface area contributed by atoms with Crippen molar-refractivity contribution in [3.63, 3.8) is 0 Å². The van der Waals surface area contributed by atoms with Crippen molar-refractivity contribution >= 4 is 42.6 Å². The van der Waals surface area contributed by atoms with E-state index in [1.165, 1.54) is 39.9 Å². The van der Waals surface area contributed by atoms with Crippen LogP contribution in [-0.4, -0.2) is 43.3 Å². The third-order valence-corrected chi connectivity index (χ3v) is 7.60. The molecule has 1 aromatic heterocycles. The summed E-state index contributed by atoms with van der Waals surface area (Å²) < 4.78 is 32.9. The number of nitrogens with zero attached hydrogens (tertiary/aromatic N) is 2. The molecule has 0 saturated heterocycles. The molecule has 9 heteroatoms. The average Bonchev–Trinajstić information content (AvgIpc) is 3.48. The number of thiazole rings is 1. The van der Waals surface area contributed by atoms with E-state index in [0.29, 0.717) is 17.3 Å². The van der Waals surface area contributed by atoms with Gasteiger partial charge in [0.05, 0.1) is 21.7 Å². The number of hydrogen-bond donors (Lipinski definition) is 1. The van der Waals surface area contributed by atoms with Crippen LogP contribution in [0.15, 0.2) is 47.4 Å². The van der Waals surface area contributed by atoms with Crippen molar-refractivity contribution in [3.05, 3.63) is 48.0 Å². The van der Waals surface area contributed by atoms with Crippen LogP contribution in [0.1, 0.15) is 30.1 Å². The van der Waals surface area contributed by atoms with Crippen LogP contribution in [0.3, 0.4) is 0 Å². The molecule has 1 amide bonds. The van der Waals surface area contributed by atoms with E-state index in [0.717, 1.165) is 28.8 Å². The minimum Gasteiger partial charge on any atom is -0.494 e. The van der Waals surface area contributed by atoms with E-state index in [4.69, 9.17) is 4.74 Å². The number of rotatable bonds is 7. The first-order chi connectivity index (χ1) is 13.9. The van der Waals surface area contributed by atoms with Crippen LogP contribution >= 0.6 is 11.3 Å². The van der Waals surface area contributed by atoms with Gasteiger partial charge < -0.3 is 4.74 Å². The number of ether oxygens (including phenoxy) is 1. The molecule has 0 aliphatic heterocycles. The first kappa shape index (κ1) is 19.8. The summed E-state index contributed by atoms with van der Waals surface area (Å²) in [6.07, 6.45) is 1.79. The van der Waals surface area contributed by atoms with Gasteiger partial charge in [0, 0.05) is 18.7 Å². The number of amides is 1. The third-order valence-electron chi connectivity index (χ3n) is 4.75. The Kier molecular flexibility index (Phi) is 5.28. The fourth-order valence-corrected chi connectivity index (χ4v) is 5.27. The van der Waals surface area contributed by atoms with Crippen molar-refractivity contribution in [2.75, 3.05) is 19.0 Å². The van der Waals surface area contributed by atoms with Crippen molar-refractivity contribution in [1.82, 2.24) is 9.29 Å². The molecule has 1 heterocycles. The fraction of sp³-hybridized carbons (Fsp3) is 0.300. The number of fused-ring (bicyclic) bond motifs is 1. The fourth-order valence-electron chi connectivity index (χ4n) is 2.96. The van der Waals surface area contributed by atoms with Gasteiger partial charge in [-0.1, -0.05) is 11.3 Å². The predicted molar refractivity (Wildman–Crippen MR) is 113 cm³/mol. The Hall–Kier alpha value is -2.49. The van der Waals surface area contributed by atoms with Gasteiger partial charge in [-0.2, -0.15) is 4.31 Å². The van der Waals surface area contributed by atoms with Crippen molar-refractivity contribution in [3.8, 4) is 5.75 Å². The minimum absolute atomic E-state index is 0.0882. The smallest absolute Gasteiger partial charge is 0.257 e. The highest BCUT2D eigenvalue weighted by Crippen LogP contribution is 2.31. The van der Waals surface area contributed by atoms with E-state index in [1.54, 1.807) is 7.05 Å². The number of hydrogen-bond acceptors (Lipinski definition) is 6. The van der Waals surface area contributed by atoms with Gasteiger partial charge in [-0.15, -0.1) is 0 Å². The molecule has 3 aromatic rings. The Morgan fingerprint density at radius 1 is 1.24 bits per heavy atom. The second-order valence-electron chi connectivity index (χ2n) is 6.81. The molecular weight excluding hydrogens is 410 g/mol. The normalized spacial score (nSPS) is 14.3. The lowest BCUT2D eigenvalue weighted by Gasteiger charge is -2.16. The highest BCUT2D eigenvalue weighted by molar-refractivity contribution is 7.89. The second kappa shape index (κ2) is 7.74. The van der Waals surface area contributed by atoms with Crippen LogP contribution in [0.2, 0.25) is 0 Å².